The van der Waals surface area contributed by atoms with Gasteiger partial charge in [0.25, 0.3) is 0 Å². The van der Waals surface area contributed by atoms with Crippen LogP contribution in [-0.2, 0) is 4.74 Å². The Bertz CT molecular complexity index is 1060. The number of rotatable bonds is 2. The first-order valence-electron chi connectivity index (χ1n) is 7.87. The summed E-state index contributed by atoms with van der Waals surface area (Å²) in [6.07, 6.45) is 0. The lowest BCUT2D eigenvalue weighted by Crippen LogP contribution is -2.00. The monoisotopic (exact) mass is 312 g/mol. The average molecular weight is 312 g/mol. The highest BCUT2D eigenvalue weighted by molar-refractivity contribution is 6.06. The maximum atomic E-state index is 11.8. The van der Waals surface area contributed by atoms with E-state index in [4.69, 9.17) is 4.74 Å². The molecule has 0 aromatic heterocycles. The molecule has 0 fully saturated rings. The second-order valence-electron chi connectivity index (χ2n) is 5.76. The van der Waals surface area contributed by atoms with Crippen LogP contribution in [0.2, 0.25) is 0 Å². The van der Waals surface area contributed by atoms with Crippen molar-refractivity contribution in [3.8, 4) is 11.1 Å². The molecule has 0 aliphatic rings. The van der Waals surface area contributed by atoms with E-state index in [1.165, 1.54) is 29.0 Å². The zero-order valence-corrected chi connectivity index (χ0v) is 13.3. The quantitative estimate of drug-likeness (QED) is 0.460. The van der Waals surface area contributed by atoms with E-state index in [1.807, 2.05) is 30.3 Å². The lowest BCUT2D eigenvalue weighted by atomic mass is 9.93. The first kappa shape index (κ1) is 14.5. The first-order chi connectivity index (χ1) is 11.8. The molecular formula is C22H16O2. The summed E-state index contributed by atoms with van der Waals surface area (Å²) in [7, 11) is 1.40. The molecule has 24 heavy (non-hydrogen) atoms. The van der Waals surface area contributed by atoms with Crippen molar-refractivity contribution in [3.63, 3.8) is 0 Å². The van der Waals surface area contributed by atoms with Crippen molar-refractivity contribution in [2.75, 3.05) is 7.11 Å². The molecular weight excluding hydrogens is 296 g/mol. The topological polar surface area (TPSA) is 26.3 Å². The number of carbonyl (C=O) groups excluding carboxylic acids is 1. The average Bonchev–Trinajstić information content (AvgIpc) is 2.66. The van der Waals surface area contributed by atoms with Crippen molar-refractivity contribution < 1.29 is 9.53 Å². The number of methoxy groups -OCH3 is 1. The highest BCUT2D eigenvalue weighted by Crippen LogP contribution is 2.34. The van der Waals surface area contributed by atoms with Crippen molar-refractivity contribution in [3.05, 3.63) is 84.4 Å². The van der Waals surface area contributed by atoms with E-state index < -0.39 is 0 Å². The molecule has 0 aliphatic carbocycles. The van der Waals surface area contributed by atoms with Gasteiger partial charge in [-0.25, -0.2) is 4.79 Å². The molecule has 0 bridgehead atoms. The van der Waals surface area contributed by atoms with Gasteiger partial charge in [-0.3, -0.25) is 0 Å². The number of benzene rings is 4. The fourth-order valence-corrected chi connectivity index (χ4v) is 3.22. The molecule has 0 saturated carbocycles. The first-order valence-corrected chi connectivity index (χ1v) is 7.87. The summed E-state index contributed by atoms with van der Waals surface area (Å²) in [5.74, 6) is -0.313. The molecule has 0 aliphatic heterocycles. The van der Waals surface area contributed by atoms with Crippen LogP contribution in [0, 0.1) is 0 Å². The van der Waals surface area contributed by atoms with Crippen LogP contribution in [0.25, 0.3) is 32.7 Å². The van der Waals surface area contributed by atoms with Crippen LogP contribution in [0.5, 0.6) is 0 Å². The van der Waals surface area contributed by atoms with Gasteiger partial charge in [-0.1, -0.05) is 66.7 Å². The molecule has 0 spiro atoms. The number of hydrogen-bond acceptors (Lipinski definition) is 2. The summed E-state index contributed by atoms with van der Waals surface area (Å²) < 4.78 is 4.82. The smallest absolute Gasteiger partial charge is 0.337 e. The zero-order chi connectivity index (χ0) is 16.5. The summed E-state index contributed by atoms with van der Waals surface area (Å²) >= 11 is 0. The van der Waals surface area contributed by atoms with Crippen LogP contribution in [-0.4, -0.2) is 13.1 Å². The van der Waals surface area contributed by atoms with Gasteiger partial charge in [0.15, 0.2) is 0 Å². The molecule has 2 nitrogen and oxygen atoms in total. The fraction of sp³-hybridized carbons (Fsp3) is 0.0455. The highest BCUT2D eigenvalue weighted by Gasteiger charge is 2.10. The predicted octanol–water partition coefficient (Wildman–Crippen LogP) is 5.45. The SMILES string of the molecule is COC(=O)c1ccc2c(-c3cccc4ccccc34)cccc2c1. The summed E-state index contributed by atoms with van der Waals surface area (Å²) in [5.41, 5.74) is 2.94. The van der Waals surface area contributed by atoms with Crippen LogP contribution in [0.3, 0.4) is 0 Å². The number of esters is 1. The molecule has 2 heteroatoms. The third-order valence-electron chi connectivity index (χ3n) is 4.38. The molecule has 4 aromatic carbocycles. The second-order valence-corrected chi connectivity index (χ2v) is 5.76. The van der Waals surface area contributed by atoms with Gasteiger partial charge >= 0.3 is 5.97 Å². The number of fused-ring (bicyclic) bond motifs is 2. The summed E-state index contributed by atoms with van der Waals surface area (Å²) in [6.45, 7) is 0. The van der Waals surface area contributed by atoms with E-state index in [9.17, 15) is 4.79 Å². The Morgan fingerprint density at radius 2 is 1.33 bits per heavy atom. The minimum Gasteiger partial charge on any atom is -0.465 e. The van der Waals surface area contributed by atoms with Gasteiger partial charge in [0.1, 0.15) is 0 Å². The normalized spacial score (nSPS) is 10.9. The summed E-state index contributed by atoms with van der Waals surface area (Å²) in [6, 6.07) is 26.6. The molecule has 4 aromatic rings. The van der Waals surface area contributed by atoms with Gasteiger partial charge in [-0.15, -0.1) is 0 Å². The van der Waals surface area contributed by atoms with Gasteiger partial charge in [0.2, 0.25) is 0 Å². The third-order valence-corrected chi connectivity index (χ3v) is 4.38. The molecule has 0 unspecified atom stereocenters. The van der Waals surface area contributed by atoms with Gasteiger partial charge in [-0.05, 0) is 44.8 Å². The maximum absolute atomic E-state index is 11.8. The van der Waals surface area contributed by atoms with E-state index in [0.717, 1.165) is 10.8 Å². The predicted molar refractivity (Wildman–Crippen MR) is 98.2 cm³/mol. The van der Waals surface area contributed by atoms with Crippen LogP contribution < -0.4 is 0 Å². The Morgan fingerprint density at radius 1 is 0.708 bits per heavy atom. The molecule has 0 N–H and O–H groups in total. The standard InChI is InChI=1S/C22H16O2/c1-24-22(23)17-12-13-19-16(14-17)8-5-11-21(19)20-10-4-7-15-6-2-3-9-18(15)20/h2-14H,1H3. The second kappa shape index (κ2) is 5.82. The van der Waals surface area contributed by atoms with Gasteiger partial charge < -0.3 is 4.74 Å². The molecule has 0 heterocycles. The molecule has 116 valence electrons. The van der Waals surface area contributed by atoms with E-state index in [2.05, 4.69) is 48.5 Å². The van der Waals surface area contributed by atoms with Crippen LogP contribution in [0.15, 0.2) is 78.9 Å². The van der Waals surface area contributed by atoms with Crippen molar-refractivity contribution in [2.45, 2.75) is 0 Å². The lowest BCUT2D eigenvalue weighted by Gasteiger charge is -2.11. The zero-order valence-electron chi connectivity index (χ0n) is 13.3. The number of ether oxygens (including phenoxy) is 1. The maximum Gasteiger partial charge on any atom is 0.337 e. The van der Waals surface area contributed by atoms with Crippen LogP contribution >= 0.6 is 0 Å². The molecule has 0 amide bonds. The van der Waals surface area contributed by atoms with Crippen molar-refractivity contribution in [2.24, 2.45) is 0 Å². The Hall–Kier alpha value is -3.13. The van der Waals surface area contributed by atoms with Crippen LogP contribution in [0.1, 0.15) is 10.4 Å². The molecule has 0 radical (unpaired) electrons. The van der Waals surface area contributed by atoms with Crippen molar-refractivity contribution in [1.29, 1.82) is 0 Å². The van der Waals surface area contributed by atoms with Crippen LogP contribution in [0.4, 0.5) is 0 Å². The molecule has 0 saturated heterocycles. The third kappa shape index (κ3) is 2.33. The van der Waals surface area contributed by atoms with Gasteiger partial charge in [-0.2, -0.15) is 0 Å². The van der Waals surface area contributed by atoms with Gasteiger partial charge in [0, 0.05) is 0 Å². The number of carbonyl (C=O) groups is 1. The fourth-order valence-electron chi connectivity index (χ4n) is 3.22. The van der Waals surface area contributed by atoms with E-state index in [-0.39, 0.29) is 5.97 Å². The van der Waals surface area contributed by atoms with Crippen molar-refractivity contribution >= 4 is 27.5 Å². The molecule has 4 rings (SSSR count). The lowest BCUT2D eigenvalue weighted by molar-refractivity contribution is 0.0601. The van der Waals surface area contributed by atoms with Crippen molar-refractivity contribution in [1.82, 2.24) is 0 Å². The van der Waals surface area contributed by atoms with E-state index in [0.29, 0.717) is 5.56 Å². The van der Waals surface area contributed by atoms with E-state index >= 15 is 0 Å². The largest absolute Gasteiger partial charge is 0.465 e. The minimum atomic E-state index is -0.313. The summed E-state index contributed by atoms with van der Waals surface area (Å²) in [5, 5.41) is 4.60. The Balaban J connectivity index is 1.98. The minimum absolute atomic E-state index is 0.313. The Labute approximate surface area is 140 Å². The number of hydrogen-bond donors (Lipinski definition) is 0. The Kier molecular flexibility index (Phi) is 3.51. The van der Waals surface area contributed by atoms with Gasteiger partial charge in [0.05, 0.1) is 12.7 Å². The highest BCUT2D eigenvalue weighted by atomic mass is 16.5. The van der Waals surface area contributed by atoms with E-state index in [1.54, 1.807) is 0 Å². The Morgan fingerprint density at radius 3 is 2.08 bits per heavy atom. The molecule has 0 atom stereocenters. The summed E-state index contributed by atoms with van der Waals surface area (Å²) in [4.78, 5) is 11.8.